The predicted molar refractivity (Wildman–Crippen MR) is 136 cm³/mol. The van der Waals surface area contributed by atoms with E-state index in [4.69, 9.17) is 16.3 Å². The van der Waals surface area contributed by atoms with Crippen molar-refractivity contribution in [3.05, 3.63) is 58.4 Å². The molecule has 2 aromatic carbocycles. The Morgan fingerprint density at radius 1 is 1.18 bits per heavy atom. The molecule has 1 N–H and O–H groups in total. The van der Waals surface area contributed by atoms with Gasteiger partial charge in [0.1, 0.15) is 17.5 Å². The number of carbonyl (C=O) groups excluding carboxylic acids is 3. The Bertz CT molecular complexity index is 1440. The highest BCUT2D eigenvalue weighted by molar-refractivity contribution is 7.91. The summed E-state index contributed by atoms with van der Waals surface area (Å²) in [6, 6.07) is 6.14. The zero-order chi connectivity index (χ0) is 28.9. The maximum Gasteiger partial charge on any atom is 0.408 e. The number of nitrogens with one attached hydrogen (secondary N) is 1. The lowest BCUT2D eigenvalue weighted by molar-refractivity contribution is -0.120. The van der Waals surface area contributed by atoms with Crippen molar-refractivity contribution < 1.29 is 40.7 Å². The number of anilines is 1. The minimum atomic E-state index is -4.40. The van der Waals surface area contributed by atoms with Crippen molar-refractivity contribution in [2.24, 2.45) is 5.92 Å². The molecule has 8 nitrogen and oxygen atoms in total. The molecule has 2 aromatic rings. The first-order chi connectivity index (χ1) is 18.0. The highest BCUT2D eigenvalue weighted by Gasteiger charge is 2.57. The lowest BCUT2D eigenvalue weighted by Gasteiger charge is -2.27. The number of alkyl carbamates (subject to hydrolysis) is 1. The number of carbonyl (C=O) groups is 3. The lowest BCUT2D eigenvalue weighted by Crippen LogP contribution is -2.51. The minimum Gasteiger partial charge on any atom is -0.444 e. The fourth-order valence-electron chi connectivity index (χ4n) is 4.22. The smallest absolute Gasteiger partial charge is 0.408 e. The molecule has 0 spiro atoms. The molecule has 210 valence electrons. The van der Waals surface area contributed by atoms with Crippen LogP contribution in [-0.4, -0.2) is 49.5 Å². The normalized spacial score (nSPS) is 21.5. The number of halogens is 4. The number of hydrogen-bond acceptors (Lipinski definition) is 6. The third kappa shape index (κ3) is 6.55. The maximum atomic E-state index is 15.1. The third-order valence-electron chi connectivity index (χ3n) is 6.26. The van der Waals surface area contributed by atoms with Gasteiger partial charge in [0.2, 0.25) is 0 Å². The molecule has 1 aliphatic carbocycles. The molecule has 1 fully saturated rings. The van der Waals surface area contributed by atoms with E-state index in [0.29, 0.717) is 16.7 Å². The van der Waals surface area contributed by atoms with Gasteiger partial charge in [-0.05, 0) is 50.6 Å². The topological polar surface area (TPSA) is 110 Å². The first-order valence-corrected chi connectivity index (χ1v) is 14.0. The summed E-state index contributed by atoms with van der Waals surface area (Å²) in [5.74, 6) is -8.18. The zero-order valence-corrected chi connectivity index (χ0v) is 22.8. The summed E-state index contributed by atoms with van der Waals surface area (Å²) in [5, 5.41) is 2.68. The summed E-state index contributed by atoms with van der Waals surface area (Å²) in [6.07, 6.45) is -2.18. The molecule has 0 saturated heterocycles. The molecule has 13 heteroatoms. The lowest BCUT2D eigenvalue weighted by atomic mass is 10.0. The van der Waals surface area contributed by atoms with Crippen LogP contribution in [0.2, 0.25) is 5.02 Å². The molecule has 0 radical (unpaired) electrons. The number of benzene rings is 2. The summed E-state index contributed by atoms with van der Waals surface area (Å²) in [5.41, 5.74) is -1.36. The van der Waals surface area contributed by atoms with Crippen LogP contribution in [0.4, 0.5) is 23.7 Å². The third-order valence-corrected chi connectivity index (χ3v) is 8.28. The van der Waals surface area contributed by atoms with Crippen molar-refractivity contribution in [2.75, 3.05) is 10.7 Å². The van der Waals surface area contributed by atoms with Crippen LogP contribution in [0.3, 0.4) is 0 Å². The summed E-state index contributed by atoms with van der Waals surface area (Å²) in [7, 11) is -4.40. The first-order valence-electron chi connectivity index (χ1n) is 12.0. The number of rotatable bonds is 6. The zero-order valence-electron chi connectivity index (χ0n) is 21.3. The Labute approximate surface area is 228 Å². The van der Waals surface area contributed by atoms with E-state index >= 15 is 4.39 Å². The number of ether oxygens (including phenoxy) is 1. The monoisotopic (exact) mass is 586 g/mol. The van der Waals surface area contributed by atoms with Gasteiger partial charge in [0.25, 0.3) is 11.8 Å². The highest BCUT2D eigenvalue weighted by Crippen LogP contribution is 2.51. The summed E-state index contributed by atoms with van der Waals surface area (Å²) >= 11 is 5.95. The van der Waals surface area contributed by atoms with Crippen LogP contribution >= 0.6 is 11.6 Å². The van der Waals surface area contributed by atoms with Gasteiger partial charge in [-0.25, -0.2) is 26.4 Å². The van der Waals surface area contributed by atoms with Crippen LogP contribution < -0.4 is 10.2 Å². The van der Waals surface area contributed by atoms with E-state index in [-0.39, 0.29) is 12.2 Å². The Balaban J connectivity index is 1.78. The van der Waals surface area contributed by atoms with Gasteiger partial charge in [-0.3, -0.25) is 9.59 Å². The Kier molecular flexibility index (Phi) is 7.50. The molecule has 0 bridgehead atoms. The van der Waals surface area contributed by atoms with E-state index < -0.39 is 86.0 Å². The van der Waals surface area contributed by atoms with Crippen LogP contribution in [0.1, 0.15) is 49.5 Å². The first kappa shape index (κ1) is 28.9. The molecule has 2 atom stereocenters. The van der Waals surface area contributed by atoms with Crippen LogP contribution in [-0.2, 0) is 25.9 Å². The second-order valence-electron chi connectivity index (χ2n) is 10.6. The number of alkyl halides is 2. The SMILES string of the molecule is CC(C)(C)OC(=O)N[C@H]1CS(=O)(=O)c2cc(F)c(C(=O)CC3CC3(F)F)cc2N(Cc2ccc(Cl)cc2)C1=O. The van der Waals surface area contributed by atoms with E-state index in [1.807, 2.05) is 0 Å². The number of fused-ring (bicyclic) bond motifs is 1. The largest absolute Gasteiger partial charge is 0.444 e. The van der Waals surface area contributed by atoms with Gasteiger partial charge in [0, 0.05) is 23.8 Å². The van der Waals surface area contributed by atoms with Gasteiger partial charge in [0.05, 0.1) is 28.4 Å². The van der Waals surface area contributed by atoms with E-state index in [1.165, 1.54) is 0 Å². The molecule has 4 rings (SSSR count). The van der Waals surface area contributed by atoms with Crippen molar-refractivity contribution in [1.82, 2.24) is 5.32 Å². The van der Waals surface area contributed by atoms with E-state index in [1.54, 1.807) is 45.0 Å². The predicted octanol–water partition coefficient (Wildman–Crippen LogP) is 4.92. The molecule has 1 aliphatic heterocycles. The molecule has 1 unspecified atom stereocenters. The number of sulfone groups is 1. The summed E-state index contributed by atoms with van der Waals surface area (Å²) in [6.45, 7) is 4.52. The van der Waals surface area contributed by atoms with Gasteiger partial charge < -0.3 is 15.0 Å². The van der Waals surface area contributed by atoms with Crippen LogP contribution in [0.15, 0.2) is 41.3 Å². The Morgan fingerprint density at radius 3 is 2.36 bits per heavy atom. The standard InChI is InChI=1S/C26H26ClF3N2O6S/c1-25(2,3)38-24(35)31-19-13-39(36,37)22-10-18(28)17(21(33)8-15-11-26(15,29)30)9-20(22)32(23(19)34)12-14-4-6-16(27)7-5-14/h4-7,9-10,15,19H,8,11-13H2,1-3H3,(H,31,35)/t15?,19-/m0/s1. The van der Waals surface area contributed by atoms with Crippen molar-refractivity contribution in [3.8, 4) is 0 Å². The van der Waals surface area contributed by atoms with E-state index in [2.05, 4.69) is 5.32 Å². The molecular weight excluding hydrogens is 561 g/mol. The van der Waals surface area contributed by atoms with Crippen LogP contribution in [0, 0.1) is 11.7 Å². The van der Waals surface area contributed by atoms with Crippen LogP contribution in [0.5, 0.6) is 0 Å². The molecule has 2 aliphatic rings. The van der Waals surface area contributed by atoms with Crippen molar-refractivity contribution in [1.29, 1.82) is 0 Å². The molecule has 0 aromatic heterocycles. The van der Waals surface area contributed by atoms with Gasteiger partial charge >= 0.3 is 6.09 Å². The van der Waals surface area contributed by atoms with Crippen molar-refractivity contribution in [2.45, 2.75) is 62.6 Å². The second-order valence-corrected chi connectivity index (χ2v) is 13.1. The van der Waals surface area contributed by atoms with Crippen molar-refractivity contribution in [3.63, 3.8) is 0 Å². The average Bonchev–Trinajstić information content (AvgIpc) is 3.42. The van der Waals surface area contributed by atoms with Gasteiger partial charge in [-0.1, -0.05) is 23.7 Å². The molecule has 1 heterocycles. The van der Waals surface area contributed by atoms with Gasteiger partial charge in [-0.2, -0.15) is 0 Å². The summed E-state index contributed by atoms with van der Waals surface area (Å²) in [4.78, 5) is 39.3. The fourth-order valence-corrected chi connectivity index (χ4v) is 5.96. The number of hydrogen-bond donors (Lipinski definition) is 1. The molecule has 2 amide bonds. The Morgan fingerprint density at radius 2 is 1.79 bits per heavy atom. The van der Waals surface area contributed by atoms with E-state index in [9.17, 15) is 31.6 Å². The minimum absolute atomic E-state index is 0.231. The summed E-state index contributed by atoms with van der Waals surface area (Å²) < 4.78 is 73.7. The number of ketones is 1. The molecular formula is C26H26ClF3N2O6S. The van der Waals surface area contributed by atoms with Crippen molar-refractivity contribution >= 4 is 44.9 Å². The number of amides is 2. The second kappa shape index (κ2) is 10.1. The van der Waals surface area contributed by atoms with Gasteiger partial charge in [-0.15, -0.1) is 0 Å². The van der Waals surface area contributed by atoms with Gasteiger partial charge in [0.15, 0.2) is 15.6 Å². The van der Waals surface area contributed by atoms with Crippen LogP contribution in [0.25, 0.3) is 0 Å². The fraction of sp³-hybridized carbons (Fsp3) is 0.423. The average molecular weight is 587 g/mol. The number of Topliss-reactive ketones (excluding diaryl/α,β-unsaturated/α-hetero) is 1. The number of nitrogens with zero attached hydrogens (tertiary/aromatic N) is 1. The van der Waals surface area contributed by atoms with E-state index in [0.717, 1.165) is 11.0 Å². The quantitative estimate of drug-likeness (QED) is 0.481. The Hall–Kier alpha value is -3.12. The highest BCUT2D eigenvalue weighted by atomic mass is 35.5. The molecule has 39 heavy (non-hydrogen) atoms. The molecule has 1 saturated carbocycles. The maximum absolute atomic E-state index is 15.1.